The van der Waals surface area contributed by atoms with E-state index in [4.69, 9.17) is 4.74 Å². The average molecular weight is 449 g/mol. The molecule has 4 atom stereocenters. The minimum Gasteiger partial charge on any atom is -0.507 e. The summed E-state index contributed by atoms with van der Waals surface area (Å²) in [6.45, 7) is 9.27. The maximum absolute atomic E-state index is 13.2. The van der Waals surface area contributed by atoms with Crippen LogP contribution in [0.15, 0.2) is 42.5 Å². The van der Waals surface area contributed by atoms with Crippen LogP contribution in [0.1, 0.15) is 73.9 Å². The highest BCUT2D eigenvalue weighted by molar-refractivity contribution is 5.98. The molecular formula is C28H36N2O3. The summed E-state index contributed by atoms with van der Waals surface area (Å²) in [4.78, 5) is 15.6. The third-order valence-electron chi connectivity index (χ3n) is 8.03. The maximum Gasteiger partial charge on any atom is 0.255 e. The van der Waals surface area contributed by atoms with Gasteiger partial charge in [-0.1, -0.05) is 43.7 Å². The zero-order valence-electron chi connectivity index (χ0n) is 20.0. The van der Waals surface area contributed by atoms with Gasteiger partial charge in [-0.2, -0.15) is 0 Å². The van der Waals surface area contributed by atoms with E-state index in [0.29, 0.717) is 17.4 Å². The third kappa shape index (κ3) is 4.35. The molecule has 1 aliphatic carbocycles. The molecule has 2 aromatic carbocycles. The van der Waals surface area contributed by atoms with Crippen molar-refractivity contribution >= 4 is 5.91 Å². The van der Waals surface area contributed by atoms with Crippen LogP contribution >= 0.6 is 0 Å². The third-order valence-corrected chi connectivity index (χ3v) is 8.03. The van der Waals surface area contributed by atoms with Crippen LogP contribution in [0.3, 0.4) is 0 Å². The molecule has 5 rings (SSSR count). The highest BCUT2D eigenvalue weighted by Crippen LogP contribution is 2.55. The number of aromatic hydroxyl groups is 1. The van der Waals surface area contributed by atoms with E-state index < -0.39 is 0 Å². The Morgan fingerprint density at radius 3 is 2.73 bits per heavy atom. The SMILES string of the molecule is C[C@@H]1CC[C@@H]2[C@@H](C1)c1c(ccc(C(=O)N[C@H]3CCN(Cc4ccccc4)C3)c1O)OC2(C)C. The molecule has 176 valence electrons. The molecule has 5 nitrogen and oxygen atoms in total. The molecular weight excluding hydrogens is 412 g/mol. The fraction of sp³-hybridized carbons (Fsp3) is 0.536. The van der Waals surface area contributed by atoms with Crippen LogP contribution in [0.4, 0.5) is 0 Å². The Bertz CT molecular complexity index is 1020. The first-order chi connectivity index (χ1) is 15.8. The van der Waals surface area contributed by atoms with E-state index in [9.17, 15) is 9.90 Å². The van der Waals surface area contributed by atoms with Gasteiger partial charge in [0.05, 0.1) is 5.56 Å². The van der Waals surface area contributed by atoms with Crippen molar-refractivity contribution in [1.82, 2.24) is 10.2 Å². The van der Waals surface area contributed by atoms with Gasteiger partial charge in [-0.3, -0.25) is 9.69 Å². The summed E-state index contributed by atoms with van der Waals surface area (Å²) >= 11 is 0. The predicted molar refractivity (Wildman–Crippen MR) is 130 cm³/mol. The molecule has 1 saturated carbocycles. The first-order valence-corrected chi connectivity index (χ1v) is 12.4. The van der Waals surface area contributed by atoms with Crippen molar-refractivity contribution in [2.24, 2.45) is 11.8 Å². The summed E-state index contributed by atoms with van der Waals surface area (Å²) in [7, 11) is 0. The number of phenolic OH excluding ortho intramolecular Hbond substituents is 1. The number of carbonyl (C=O) groups is 1. The lowest BCUT2D eigenvalue weighted by atomic mass is 9.64. The number of hydrogen-bond donors (Lipinski definition) is 2. The fourth-order valence-electron chi connectivity index (χ4n) is 6.31. The van der Waals surface area contributed by atoms with E-state index in [2.05, 4.69) is 55.3 Å². The molecule has 0 aromatic heterocycles. The Hall–Kier alpha value is -2.53. The minimum atomic E-state index is -0.264. The molecule has 1 saturated heterocycles. The van der Waals surface area contributed by atoms with Gasteiger partial charge in [-0.25, -0.2) is 0 Å². The Morgan fingerprint density at radius 1 is 1.15 bits per heavy atom. The van der Waals surface area contributed by atoms with Gasteiger partial charge in [0.1, 0.15) is 17.1 Å². The molecule has 2 aromatic rings. The smallest absolute Gasteiger partial charge is 0.255 e. The number of carbonyl (C=O) groups excluding carboxylic acids is 1. The van der Waals surface area contributed by atoms with Crippen molar-refractivity contribution in [3.63, 3.8) is 0 Å². The van der Waals surface area contributed by atoms with Gasteiger partial charge in [-0.15, -0.1) is 0 Å². The van der Waals surface area contributed by atoms with E-state index in [0.717, 1.165) is 50.2 Å². The van der Waals surface area contributed by atoms with Crippen molar-refractivity contribution < 1.29 is 14.6 Å². The minimum absolute atomic E-state index is 0.0919. The van der Waals surface area contributed by atoms with Crippen LogP contribution in [0, 0.1) is 11.8 Å². The van der Waals surface area contributed by atoms with Crippen LogP contribution in [0.25, 0.3) is 0 Å². The maximum atomic E-state index is 13.2. The number of benzene rings is 2. The Balaban J connectivity index is 1.31. The number of nitrogens with one attached hydrogen (secondary N) is 1. The number of rotatable bonds is 4. The van der Waals surface area contributed by atoms with Gasteiger partial charge < -0.3 is 15.2 Å². The van der Waals surface area contributed by atoms with Gasteiger partial charge >= 0.3 is 0 Å². The molecule has 2 aliphatic heterocycles. The standard InChI is InChI=1S/C28H36N2O3/c1-18-9-11-23-22(15-18)25-24(33-28(23,2)3)12-10-21(26(25)31)27(32)29-20-13-14-30(17-20)16-19-7-5-4-6-8-19/h4-8,10,12,18,20,22-23,31H,9,11,13-17H2,1-3H3,(H,29,32)/t18-,20+,22-,23-/m1/s1. The molecule has 5 heteroatoms. The second-order valence-electron chi connectivity index (χ2n) is 10.9. The van der Waals surface area contributed by atoms with E-state index in [1.165, 1.54) is 12.0 Å². The number of amides is 1. The summed E-state index contributed by atoms with van der Waals surface area (Å²) in [6.07, 6.45) is 4.23. The highest BCUT2D eigenvalue weighted by atomic mass is 16.5. The quantitative estimate of drug-likeness (QED) is 0.684. The topological polar surface area (TPSA) is 61.8 Å². The number of nitrogens with zero attached hydrogens (tertiary/aromatic N) is 1. The molecule has 2 heterocycles. The predicted octanol–water partition coefficient (Wildman–Crippen LogP) is 5.09. The molecule has 3 aliphatic rings. The van der Waals surface area contributed by atoms with E-state index in [1.807, 2.05) is 12.1 Å². The first-order valence-electron chi connectivity index (χ1n) is 12.4. The Morgan fingerprint density at radius 2 is 1.94 bits per heavy atom. The van der Waals surface area contributed by atoms with Crippen molar-refractivity contribution in [3.8, 4) is 11.5 Å². The first kappa shape index (κ1) is 22.3. The summed E-state index contributed by atoms with van der Waals surface area (Å²) in [6, 6.07) is 14.1. The Labute approximate surface area is 197 Å². The lowest BCUT2D eigenvalue weighted by molar-refractivity contribution is -0.0145. The number of likely N-dealkylation sites (tertiary alicyclic amines) is 1. The van der Waals surface area contributed by atoms with Crippen molar-refractivity contribution in [1.29, 1.82) is 0 Å². The monoisotopic (exact) mass is 448 g/mol. The van der Waals surface area contributed by atoms with Crippen molar-refractivity contribution in [3.05, 3.63) is 59.2 Å². The normalized spacial score (nSPS) is 28.5. The second-order valence-corrected chi connectivity index (χ2v) is 10.9. The van der Waals surface area contributed by atoms with Crippen molar-refractivity contribution in [2.45, 2.75) is 70.6 Å². The van der Waals surface area contributed by atoms with E-state index in [-0.39, 0.29) is 29.2 Å². The Kier molecular flexibility index (Phi) is 5.86. The van der Waals surface area contributed by atoms with E-state index >= 15 is 0 Å². The fourth-order valence-corrected chi connectivity index (χ4v) is 6.31. The average Bonchev–Trinajstić information content (AvgIpc) is 3.20. The summed E-state index contributed by atoms with van der Waals surface area (Å²) < 4.78 is 6.35. The molecule has 2 fully saturated rings. The molecule has 0 spiro atoms. The molecule has 0 radical (unpaired) electrons. The van der Waals surface area contributed by atoms with Crippen LogP contribution in [-0.4, -0.2) is 40.6 Å². The zero-order chi connectivity index (χ0) is 23.2. The highest BCUT2D eigenvalue weighted by Gasteiger charge is 2.47. The number of phenols is 1. The molecule has 33 heavy (non-hydrogen) atoms. The molecule has 0 unspecified atom stereocenters. The van der Waals surface area contributed by atoms with E-state index in [1.54, 1.807) is 6.07 Å². The number of ether oxygens (including phenoxy) is 1. The van der Waals surface area contributed by atoms with Gasteiger partial charge in [0.2, 0.25) is 0 Å². The largest absolute Gasteiger partial charge is 0.507 e. The summed E-state index contributed by atoms with van der Waals surface area (Å²) in [5.74, 6) is 1.86. The van der Waals surface area contributed by atoms with Gasteiger partial charge in [0, 0.05) is 37.2 Å². The summed E-state index contributed by atoms with van der Waals surface area (Å²) in [5, 5.41) is 14.4. The lowest BCUT2D eigenvalue weighted by Gasteiger charge is -2.48. The molecule has 2 N–H and O–H groups in total. The van der Waals surface area contributed by atoms with Gasteiger partial charge in [0.15, 0.2) is 0 Å². The zero-order valence-corrected chi connectivity index (χ0v) is 20.0. The number of hydrogen-bond acceptors (Lipinski definition) is 4. The van der Waals surface area contributed by atoms with Crippen LogP contribution < -0.4 is 10.1 Å². The molecule has 1 amide bonds. The van der Waals surface area contributed by atoms with Gasteiger partial charge in [-0.05, 0) is 62.6 Å². The van der Waals surface area contributed by atoms with Gasteiger partial charge in [0.25, 0.3) is 5.91 Å². The van der Waals surface area contributed by atoms with Crippen LogP contribution in [0.2, 0.25) is 0 Å². The summed E-state index contributed by atoms with van der Waals surface area (Å²) in [5.41, 5.74) is 2.24. The van der Waals surface area contributed by atoms with Crippen molar-refractivity contribution in [2.75, 3.05) is 13.1 Å². The van der Waals surface area contributed by atoms with Crippen LogP contribution in [0.5, 0.6) is 11.5 Å². The molecule has 0 bridgehead atoms. The second kappa shape index (κ2) is 8.68. The lowest BCUT2D eigenvalue weighted by Crippen LogP contribution is -2.46. The van der Waals surface area contributed by atoms with Crippen LogP contribution in [-0.2, 0) is 6.54 Å². The number of fused-ring (bicyclic) bond motifs is 3.